The van der Waals surface area contributed by atoms with Crippen LogP contribution in [0.4, 0.5) is 0 Å². The minimum absolute atomic E-state index is 0.178. The summed E-state index contributed by atoms with van der Waals surface area (Å²) in [5.74, 6) is 1.19. The van der Waals surface area contributed by atoms with Crippen molar-refractivity contribution in [1.29, 1.82) is 0 Å². The molecule has 0 saturated heterocycles. The van der Waals surface area contributed by atoms with E-state index in [2.05, 4.69) is 25.6 Å². The fourth-order valence-electron chi connectivity index (χ4n) is 2.04. The lowest BCUT2D eigenvalue weighted by Gasteiger charge is -2.03. The van der Waals surface area contributed by atoms with Crippen LogP contribution in [-0.4, -0.2) is 36.3 Å². The Bertz CT molecular complexity index is 851. The maximum Gasteiger partial charge on any atom is 0.253 e. The van der Waals surface area contributed by atoms with Gasteiger partial charge in [-0.15, -0.1) is 10.2 Å². The molecule has 3 rings (SSSR count). The molecule has 1 amide bonds. The van der Waals surface area contributed by atoms with Crippen molar-refractivity contribution in [2.45, 2.75) is 32.7 Å². The molecule has 0 fully saturated rings. The first-order valence-corrected chi connectivity index (χ1v) is 7.49. The summed E-state index contributed by atoms with van der Waals surface area (Å²) in [4.78, 5) is 16.9. The normalized spacial score (nSPS) is 12.5. The maximum atomic E-state index is 11.1. The number of carbonyl (C=O) groups is 1. The number of benzene rings is 1. The molecule has 0 aliphatic heterocycles. The van der Waals surface area contributed by atoms with Crippen molar-refractivity contribution in [1.82, 2.24) is 30.3 Å². The summed E-state index contributed by atoms with van der Waals surface area (Å²) in [6.07, 6.45) is 0. The quantitative estimate of drug-likeness (QED) is 0.753. The van der Waals surface area contributed by atoms with Crippen LogP contribution in [0.1, 0.15) is 54.8 Å². The molecule has 2 N–H and O–H groups in total. The SMILES string of the molecule is CC(C)c1noc([C@@H](C)n2nnc(-c3ccc(C(N)=O)cc3)n2)n1. The summed E-state index contributed by atoms with van der Waals surface area (Å²) in [6, 6.07) is 6.34. The Kier molecular flexibility index (Phi) is 4.07. The number of amides is 1. The van der Waals surface area contributed by atoms with Crippen molar-refractivity contribution in [3.05, 3.63) is 41.5 Å². The second-order valence-electron chi connectivity index (χ2n) is 5.70. The number of hydrogen-bond donors (Lipinski definition) is 1. The number of primary amides is 1. The van der Waals surface area contributed by atoms with Gasteiger partial charge in [-0.2, -0.15) is 9.78 Å². The highest BCUT2D eigenvalue weighted by atomic mass is 16.5. The molecule has 0 unspecified atom stereocenters. The minimum Gasteiger partial charge on any atom is -0.366 e. The first-order valence-electron chi connectivity index (χ1n) is 7.49. The van der Waals surface area contributed by atoms with E-state index in [0.717, 1.165) is 5.56 Å². The van der Waals surface area contributed by atoms with E-state index in [9.17, 15) is 4.79 Å². The highest BCUT2D eigenvalue weighted by molar-refractivity contribution is 5.93. The molecule has 0 spiro atoms. The van der Waals surface area contributed by atoms with Crippen LogP contribution in [0.2, 0.25) is 0 Å². The predicted molar refractivity (Wildman–Crippen MR) is 84.0 cm³/mol. The van der Waals surface area contributed by atoms with Crippen molar-refractivity contribution in [3.63, 3.8) is 0 Å². The van der Waals surface area contributed by atoms with E-state index >= 15 is 0 Å². The standard InChI is InChI=1S/C15H17N7O2/c1-8(2)13-17-15(24-20-13)9(3)22-19-14(18-21-22)11-6-4-10(5-7-11)12(16)23/h4-9H,1-3H3,(H2,16,23)/t9-/m1/s1. The Balaban J connectivity index is 1.82. The molecule has 124 valence electrons. The summed E-state index contributed by atoms with van der Waals surface area (Å²) in [7, 11) is 0. The lowest BCUT2D eigenvalue weighted by Crippen LogP contribution is -2.11. The molecule has 9 nitrogen and oxygen atoms in total. The Morgan fingerprint density at radius 1 is 1.21 bits per heavy atom. The summed E-state index contributed by atoms with van der Waals surface area (Å²) in [6.45, 7) is 5.82. The highest BCUT2D eigenvalue weighted by Crippen LogP contribution is 2.19. The molecule has 24 heavy (non-hydrogen) atoms. The first kappa shape index (κ1) is 15.8. The lowest BCUT2D eigenvalue weighted by molar-refractivity contribution is 0.100. The fourth-order valence-corrected chi connectivity index (χ4v) is 2.04. The van der Waals surface area contributed by atoms with Crippen molar-refractivity contribution >= 4 is 5.91 Å². The van der Waals surface area contributed by atoms with Gasteiger partial charge in [-0.25, -0.2) is 0 Å². The van der Waals surface area contributed by atoms with E-state index in [0.29, 0.717) is 23.1 Å². The Hall–Kier alpha value is -3.10. The molecule has 0 aliphatic carbocycles. The van der Waals surface area contributed by atoms with Crippen LogP contribution >= 0.6 is 0 Å². The smallest absolute Gasteiger partial charge is 0.253 e. The van der Waals surface area contributed by atoms with Gasteiger partial charge in [0.1, 0.15) is 6.04 Å². The average molecular weight is 327 g/mol. The van der Waals surface area contributed by atoms with Crippen molar-refractivity contribution in [2.75, 3.05) is 0 Å². The monoisotopic (exact) mass is 327 g/mol. The maximum absolute atomic E-state index is 11.1. The van der Waals surface area contributed by atoms with Crippen molar-refractivity contribution in [3.8, 4) is 11.4 Å². The zero-order valence-electron chi connectivity index (χ0n) is 13.5. The van der Waals surface area contributed by atoms with Gasteiger partial charge >= 0.3 is 0 Å². The summed E-state index contributed by atoms with van der Waals surface area (Å²) < 4.78 is 5.26. The molecule has 1 atom stereocenters. The second-order valence-corrected chi connectivity index (χ2v) is 5.70. The molecule has 0 aliphatic rings. The number of tetrazole rings is 1. The van der Waals surface area contributed by atoms with E-state index in [1.807, 2.05) is 20.8 Å². The van der Waals surface area contributed by atoms with Gasteiger partial charge < -0.3 is 10.3 Å². The third-order valence-corrected chi connectivity index (χ3v) is 3.53. The van der Waals surface area contributed by atoms with Crippen LogP contribution in [0.15, 0.2) is 28.8 Å². The van der Waals surface area contributed by atoms with Gasteiger partial charge in [0, 0.05) is 17.0 Å². The van der Waals surface area contributed by atoms with Crippen LogP contribution in [0, 0.1) is 0 Å². The van der Waals surface area contributed by atoms with E-state index in [1.54, 1.807) is 24.3 Å². The zero-order valence-corrected chi connectivity index (χ0v) is 13.5. The van der Waals surface area contributed by atoms with Gasteiger partial charge in [-0.3, -0.25) is 4.79 Å². The molecular weight excluding hydrogens is 310 g/mol. The third kappa shape index (κ3) is 3.00. The van der Waals surface area contributed by atoms with Gasteiger partial charge in [0.15, 0.2) is 5.82 Å². The topological polar surface area (TPSA) is 126 Å². The third-order valence-electron chi connectivity index (χ3n) is 3.53. The fraction of sp³-hybridized carbons (Fsp3) is 0.333. The van der Waals surface area contributed by atoms with Gasteiger partial charge in [-0.1, -0.05) is 31.1 Å². The van der Waals surface area contributed by atoms with Gasteiger partial charge in [0.2, 0.25) is 11.7 Å². The predicted octanol–water partition coefficient (Wildman–Crippen LogP) is 1.55. The number of hydrogen-bond acceptors (Lipinski definition) is 7. The number of carbonyl (C=O) groups excluding carboxylic acids is 1. The molecule has 1 aromatic carbocycles. The Morgan fingerprint density at radius 2 is 1.92 bits per heavy atom. The molecule has 0 bridgehead atoms. The number of aromatic nitrogens is 6. The van der Waals surface area contributed by atoms with E-state index in [-0.39, 0.29) is 12.0 Å². The Morgan fingerprint density at radius 3 is 2.50 bits per heavy atom. The molecular formula is C15H17N7O2. The lowest BCUT2D eigenvalue weighted by atomic mass is 10.1. The summed E-state index contributed by atoms with van der Waals surface area (Å²) in [5.41, 5.74) is 6.38. The summed E-state index contributed by atoms with van der Waals surface area (Å²) >= 11 is 0. The van der Waals surface area contributed by atoms with Gasteiger partial charge in [0.25, 0.3) is 5.89 Å². The average Bonchev–Trinajstić information content (AvgIpc) is 3.24. The zero-order chi connectivity index (χ0) is 17.3. The van der Waals surface area contributed by atoms with Crippen molar-refractivity contribution in [2.24, 2.45) is 5.73 Å². The van der Waals surface area contributed by atoms with Crippen molar-refractivity contribution < 1.29 is 9.32 Å². The molecule has 2 heterocycles. The van der Waals surface area contributed by atoms with E-state index in [1.165, 1.54) is 4.80 Å². The van der Waals surface area contributed by atoms with Gasteiger partial charge in [0.05, 0.1) is 0 Å². The molecule has 2 aromatic heterocycles. The van der Waals surface area contributed by atoms with Crippen LogP contribution in [-0.2, 0) is 0 Å². The van der Waals surface area contributed by atoms with E-state index < -0.39 is 5.91 Å². The largest absolute Gasteiger partial charge is 0.366 e. The van der Waals surface area contributed by atoms with Crippen LogP contribution < -0.4 is 5.73 Å². The minimum atomic E-state index is -0.482. The van der Waals surface area contributed by atoms with Crippen LogP contribution in [0.25, 0.3) is 11.4 Å². The molecule has 0 radical (unpaired) electrons. The van der Waals surface area contributed by atoms with Crippen LogP contribution in [0.5, 0.6) is 0 Å². The van der Waals surface area contributed by atoms with Gasteiger partial charge in [-0.05, 0) is 24.3 Å². The number of nitrogens with two attached hydrogens (primary N) is 1. The first-order chi connectivity index (χ1) is 11.5. The van der Waals surface area contributed by atoms with E-state index in [4.69, 9.17) is 10.3 Å². The molecule has 0 saturated carbocycles. The summed E-state index contributed by atoms with van der Waals surface area (Å²) in [5, 5.41) is 16.3. The second kappa shape index (κ2) is 6.19. The molecule has 9 heteroatoms. The number of nitrogens with zero attached hydrogens (tertiary/aromatic N) is 6. The molecule has 3 aromatic rings. The highest BCUT2D eigenvalue weighted by Gasteiger charge is 2.20. The van der Waals surface area contributed by atoms with Crippen LogP contribution in [0.3, 0.4) is 0 Å². The number of rotatable bonds is 5. The Labute approximate surface area is 137 Å².